The van der Waals surface area contributed by atoms with Crippen LogP contribution in [0.5, 0.6) is 5.75 Å². The summed E-state index contributed by atoms with van der Waals surface area (Å²) in [6.07, 6.45) is 0.352. The first-order valence-corrected chi connectivity index (χ1v) is 6.42. The molecule has 2 rings (SSSR count). The summed E-state index contributed by atoms with van der Waals surface area (Å²) in [7, 11) is 0. The lowest BCUT2D eigenvalue weighted by Crippen LogP contribution is -2.20. The molecule has 0 aromatic heterocycles. The second kappa shape index (κ2) is 6.96. The second-order valence-corrected chi connectivity index (χ2v) is 4.41. The molecule has 1 amide bonds. The van der Waals surface area contributed by atoms with Crippen LogP contribution in [-0.4, -0.2) is 12.5 Å². The molecule has 0 atom stereocenters. The maximum Gasteiger partial charge on any atom is 0.262 e. The summed E-state index contributed by atoms with van der Waals surface area (Å²) < 4.78 is 5.35. The number of carbonyl (C=O) groups excluding carboxylic acids is 1. The van der Waals surface area contributed by atoms with E-state index in [1.165, 1.54) is 0 Å². The first kappa shape index (κ1) is 14.4. The van der Waals surface area contributed by atoms with Gasteiger partial charge in [0.15, 0.2) is 6.61 Å². The van der Waals surface area contributed by atoms with Crippen molar-refractivity contribution in [3.8, 4) is 11.8 Å². The fraction of sp³-hybridized carbons (Fsp3) is 0.125. The molecule has 0 fully saturated rings. The molecule has 21 heavy (non-hydrogen) atoms. The molecule has 5 heteroatoms. The van der Waals surface area contributed by atoms with Crippen molar-refractivity contribution in [3.63, 3.8) is 0 Å². The maximum absolute atomic E-state index is 11.8. The van der Waals surface area contributed by atoms with Gasteiger partial charge in [0.25, 0.3) is 5.91 Å². The van der Waals surface area contributed by atoms with E-state index >= 15 is 0 Å². The zero-order valence-corrected chi connectivity index (χ0v) is 11.4. The monoisotopic (exact) mass is 281 g/mol. The van der Waals surface area contributed by atoms with Crippen LogP contribution in [0.25, 0.3) is 0 Å². The van der Waals surface area contributed by atoms with Crippen molar-refractivity contribution in [1.29, 1.82) is 5.26 Å². The van der Waals surface area contributed by atoms with E-state index < -0.39 is 0 Å². The SMILES string of the molecule is N#CCc1ccc(NC(=O)COc2ccccc2N)cc1. The minimum absolute atomic E-state index is 0.117. The molecule has 2 aromatic rings. The van der Waals surface area contributed by atoms with Gasteiger partial charge < -0.3 is 15.8 Å². The molecular weight excluding hydrogens is 266 g/mol. The van der Waals surface area contributed by atoms with Gasteiger partial charge in [0.1, 0.15) is 5.75 Å². The Balaban J connectivity index is 1.87. The standard InChI is InChI=1S/C16H15N3O2/c17-10-9-12-5-7-13(8-6-12)19-16(20)11-21-15-4-2-1-3-14(15)18/h1-8H,9,11,18H2,(H,19,20). The molecule has 0 heterocycles. The Kier molecular flexibility index (Phi) is 4.78. The third kappa shape index (κ3) is 4.25. The van der Waals surface area contributed by atoms with E-state index in [4.69, 9.17) is 15.7 Å². The number of nitrogens with one attached hydrogen (secondary N) is 1. The van der Waals surface area contributed by atoms with Crippen molar-refractivity contribution in [2.24, 2.45) is 0 Å². The lowest BCUT2D eigenvalue weighted by Gasteiger charge is -2.09. The highest BCUT2D eigenvalue weighted by Crippen LogP contribution is 2.19. The minimum atomic E-state index is -0.272. The van der Waals surface area contributed by atoms with Gasteiger partial charge in [-0.3, -0.25) is 4.79 Å². The van der Waals surface area contributed by atoms with Crippen LogP contribution in [-0.2, 0) is 11.2 Å². The number of para-hydroxylation sites is 2. The van der Waals surface area contributed by atoms with Crippen molar-refractivity contribution in [3.05, 3.63) is 54.1 Å². The molecule has 0 radical (unpaired) electrons. The summed E-state index contributed by atoms with van der Waals surface area (Å²) in [5, 5.41) is 11.3. The number of benzene rings is 2. The van der Waals surface area contributed by atoms with Crippen LogP contribution in [0.3, 0.4) is 0 Å². The average Bonchev–Trinajstić information content (AvgIpc) is 2.49. The topological polar surface area (TPSA) is 88.1 Å². The Morgan fingerprint density at radius 3 is 2.57 bits per heavy atom. The third-order valence-corrected chi connectivity index (χ3v) is 2.80. The average molecular weight is 281 g/mol. The first-order chi connectivity index (χ1) is 10.2. The Morgan fingerprint density at radius 1 is 1.19 bits per heavy atom. The summed E-state index contributed by atoms with van der Waals surface area (Å²) in [5.74, 6) is 0.211. The third-order valence-electron chi connectivity index (χ3n) is 2.80. The number of nitrogens with zero attached hydrogens (tertiary/aromatic N) is 1. The fourth-order valence-electron chi connectivity index (χ4n) is 1.75. The largest absolute Gasteiger partial charge is 0.482 e. The normalized spacial score (nSPS) is 9.67. The van der Waals surface area contributed by atoms with Gasteiger partial charge in [-0.2, -0.15) is 5.26 Å². The van der Waals surface area contributed by atoms with Gasteiger partial charge in [0.05, 0.1) is 18.2 Å². The molecule has 106 valence electrons. The van der Waals surface area contributed by atoms with Crippen LogP contribution >= 0.6 is 0 Å². The van der Waals surface area contributed by atoms with Crippen LogP contribution in [0.1, 0.15) is 5.56 Å². The Labute approximate surface area is 123 Å². The van der Waals surface area contributed by atoms with E-state index in [9.17, 15) is 4.79 Å². The molecule has 0 saturated heterocycles. The number of hydrogen-bond donors (Lipinski definition) is 2. The highest BCUT2D eigenvalue weighted by Gasteiger charge is 2.05. The quantitative estimate of drug-likeness (QED) is 0.823. The van der Waals surface area contributed by atoms with E-state index in [-0.39, 0.29) is 12.5 Å². The van der Waals surface area contributed by atoms with Crippen LogP contribution in [0, 0.1) is 11.3 Å². The number of nitriles is 1. The van der Waals surface area contributed by atoms with Crippen LogP contribution < -0.4 is 15.8 Å². The molecular formula is C16H15N3O2. The van der Waals surface area contributed by atoms with Crippen molar-refractivity contribution in [2.75, 3.05) is 17.7 Å². The summed E-state index contributed by atoms with van der Waals surface area (Å²) >= 11 is 0. The molecule has 0 aliphatic carbocycles. The molecule has 0 aliphatic rings. The first-order valence-electron chi connectivity index (χ1n) is 6.42. The highest BCUT2D eigenvalue weighted by atomic mass is 16.5. The van der Waals surface area contributed by atoms with Crippen LogP contribution in [0.15, 0.2) is 48.5 Å². The molecule has 5 nitrogen and oxygen atoms in total. The number of ether oxygens (including phenoxy) is 1. The van der Waals surface area contributed by atoms with Gasteiger partial charge in [-0.25, -0.2) is 0 Å². The van der Waals surface area contributed by atoms with E-state index in [0.717, 1.165) is 5.56 Å². The number of nitrogen functional groups attached to an aromatic ring is 1. The van der Waals surface area contributed by atoms with Crippen molar-refractivity contribution < 1.29 is 9.53 Å². The van der Waals surface area contributed by atoms with Gasteiger partial charge in [-0.15, -0.1) is 0 Å². The van der Waals surface area contributed by atoms with Crippen LogP contribution in [0.2, 0.25) is 0 Å². The predicted octanol–water partition coefficient (Wildman–Crippen LogP) is 2.35. The number of hydrogen-bond acceptors (Lipinski definition) is 4. The molecule has 0 aliphatic heterocycles. The molecule has 2 aromatic carbocycles. The lowest BCUT2D eigenvalue weighted by molar-refractivity contribution is -0.118. The van der Waals surface area contributed by atoms with E-state index in [1.54, 1.807) is 48.5 Å². The van der Waals surface area contributed by atoms with Gasteiger partial charge in [0.2, 0.25) is 0 Å². The second-order valence-electron chi connectivity index (χ2n) is 4.41. The molecule has 0 saturated carbocycles. The van der Waals surface area contributed by atoms with E-state index in [2.05, 4.69) is 11.4 Å². The van der Waals surface area contributed by atoms with Crippen molar-refractivity contribution in [2.45, 2.75) is 6.42 Å². The van der Waals surface area contributed by atoms with E-state index in [1.807, 2.05) is 0 Å². The summed E-state index contributed by atoms with van der Waals surface area (Å²) in [5.41, 5.74) is 7.78. The van der Waals surface area contributed by atoms with Gasteiger partial charge in [-0.1, -0.05) is 24.3 Å². The number of amides is 1. The van der Waals surface area contributed by atoms with Gasteiger partial charge in [-0.05, 0) is 29.8 Å². The van der Waals surface area contributed by atoms with Crippen molar-refractivity contribution in [1.82, 2.24) is 0 Å². The number of anilines is 2. The Hall–Kier alpha value is -3.00. The molecule has 3 N–H and O–H groups in total. The highest BCUT2D eigenvalue weighted by molar-refractivity contribution is 5.91. The summed E-state index contributed by atoms with van der Waals surface area (Å²) in [6, 6.07) is 16.2. The van der Waals surface area contributed by atoms with Crippen molar-refractivity contribution >= 4 is 17.3 Å². The predicted molar refractivity (Wildman–Crippen MR) is 80.7 cm³/mol. The number of rotatable bonds is 5. The minimum Gasteiger partial charge on any atom is -0.482 e. The number of nitrogens with two attached hydrogens (primary N) is 1. The van der Waals surface area contributed by atoms with Gasteiger partial charge in [0, 0.05) is 5.69 Å². The smallest absolute Gasteiger partial charge is 0.262 e. The molecule has 0 unspecified atom stereocenters. The Morgan fingerprint density at radius 2 is 1.90 bits per heavy atom. The van der Waals surface area contributed by atoms with Gasteiger partial charge >= 0.3 is 0 Å². The zero-order valence-electron chi connectivity index (χ0n) is 11.4. The zero-order chi connectivity index (χ0) is 15.1. The van der Waals surface area contributed by atoms with E-state index in [0.29, 0.717) is 23.5 Å². The Bertz CT molecular complexity index is 660. The summed E-state index contributed by atoms with van der Waals surface area (Å²) in [6.45, 7) is -0.117. The molecule has 0 bridgehead atoms. The number of carbonyl (C=O) groups is 1. The molecule has 0 spiro atoms. The lowest BCUT2D eigenvalue weighted by atomic mass is 10.1. The van der Waals surface area contributed by atoms with Crippen LogP contribution in [0.4, 0.5) is 11.4 Å². The maximum atomic E-state index is 11.8. The fourth-order valence-corrected chi connectivity index (χ4v) is 1.75. The summed E-state index contributed by atoms with van der Waals surface area (Å²) in [4.78, 5) is 11.8.